The Labute approximate surface area is 129 Å². The second-order valence-electron chi connectivity index (χ2n) is 5.64. The van der Waals surface area contributed by atoms with Crippen molar-refractivity contribution in [1.29, 1.82) is 0 Å². The average molecular weight is 344 g/mol. The maximum absolute atomic E-state index is 13.7. The lowest BCUT2D eigenvalue weighted by Crippen LogP contribution is -2.40. The summed E-state index contributed by atoms with van der Waals surface area (Å²) in [6.07, 6.45) is 2.49. The average Bonchev–Trinajstić information content (AvgIpc) is 2.80. The highest BCUT2D eigenvalue weighted by atomic mass is 79.9. The molecule has 2 N–H and O–H groups in total. The van der Waals surface area contributed by atoms with Gasteiger partial charge in [-0.25, -0.2) is 4.39 Å². The standard InChI is InChI=1S/C15H23BrFN3/c1-19-7-3-4-12(19)10-20(2)15(9-18)11-5-6-13(16)14(17)8-11/h5-6,8,12,15H,3-4,7,9-10,18H2,1-2H3. The minimum Gasteiger partial charge on any atom is -0.329 e. The predicted molar refractivity (Wildman–Crippen MR) is 84.2 cm³/mol. The molecule has 0 bridgehead atoms. The van der Waals surface area contributed by atoms with Crippen LogP contribution in [0, 0.1) is 5.82 Å². The number of nitrogens with zero attached hydrogens (tertiary/aromatic N) is 2. The van der Waals surface area contributed by atoms with Gasteiger partial charge in [0.05, 0.1) is 4.47 Å². The molecule has 5 heteroatoms. The van der Waals surface area contributed by atoms with Gasteiger partial charge in [-0.2, -0.15) is 0 Å². The first-order chi connectivity index (χ1) is 9.52. The van der Waals surface area contributed by atoms with E-state index in [1.165, 1.54) is 19.4 Å². The number of likely N-dealkylation sites (tertiary alicyclic amines) is 1. The van der Waals surface area contributed by atoms with Gasteiger partial charge in [-0.1, -0.05) is 6.07 Å². The van der Waals surface area contributed by atoms with Crippen LogP contribution in [0.4, 0.5) is 4.39 Å². The molecule has 112 valence electrons. The Kier molecular flexibility index (Phi) is 5.55. The fourth-order valence-corrected chi connectivity index (χ4v) is 3.21. The van der Waals surface area contributed by atoms with Gasteiger partial charge in [-0.05, 0) is 67.1 Å². The number of hydrogen-bond acceptors (Lipinski definition) is 3. The first-order valence-electron chi connectivity index (χ1n) is 7.08. The van der Waals surface area contributed by atoms with E-state index in [9.17, 15) is 4.39 Å². The summed E-state index contributed by atoms with van der Waals surface area (Å²) < 4.78 is 14.2. The number of likely N-dealkylation sites (N-methyl/N-ethyl adjacent to an activating group) is 2. The van der Waals surface area contributed by atoms with Crippen LogP contribution < -0.4 is 5.73 Å². The molecule has 1 saturated heterocycles. The van der Waals surface area contributed by atoms with Crippen LogP contribution >= 0.6 is 15.9 Å². The third-order valence-corrected chi connectivity index (χ3v) is 4.90. The molecule has 0 spiro atoms. The van der Waals surface area contributed by atoms with Crippen molar-refractivity contribution in [2.75, 3.05) is 33.7 Å². The number of rotatable bonds is 5. The zero-order valence-corrected chi connectivity index (χ0v) is 13.7. The molecule has 0 saturated carbocycles. The van der Waals surface area contributed by atoms with E-state index in [2.05, 4.69) is 39.8 Å². The Morgan fingerprint density at radius 1 is 1.55 bits per heavy atom. The van der Waals surface area contributed by atoms with Crippen molar-refractivity contribution in [3.8, 4) is 0 Å². The van der Waals surface area contributed by atoms with Crippen LogP contribution in [-0.4, -0.2) is 49.6 Å². The summed E-state index contributed by atoms with van der Waals surface area (Å²) in [5.41, 5.74) is 6.85. The monoisotopic (exact) mass is 343 g/mol. The molecule has 3 nitrogen and oxygen atoms in total. The number of nitrogens with two attached hydrogens (primary N) is 1. The van der Waals surface area contributed by atoms with Gasteiger partial charge in [-0.15, -0.1) is 0 Å². The molecular formula is C15H23BrFN3. The molecular weight excluding hydrogens is 321 g/mol. The Balaban J connectivity index is 2.08. The number of halogens is 2. The van der Waals surface area contributed by atoms with Crippen LogP contribution in [0.25, 0.3) is 0 Å². The maximum Gasteiger partial charge on any atom is 0.137 e. The van der Waals surface area contributed by atoms with E-state index < -0.39 is 0 Å². The van der Waals surface area contributed by atoms with Gasteiger partial charge in [0, 0.05) is 25.2 Å². The SMILES string of the molecule is CN1CCCC1CN(C)C(CN)c1ccc(Br)c(F)c1. The van der Waals surface area contributed by atoms with Gasteiger partial charge in [-0.3, -0.25) is 4.90 Å². The largest absolute Gasteiger partial charge is 0.329 e. The maximum atomic E-state index is 13.7. The zero-order valence-electron chi connectivity index (χ0n) is 12.1. The van der Waals surface area contributed by atoms with E-state index in [0.29, 0.717) is 17.1 Å². The third kappa shape index (κ3) is 3.58. The molecule has 0 amide bonds. The van der Waals surface area contributed by atoms with E-state index in [1.54, 1.807) is 12.1 Å². The third-order valence-electron chi connectivity index (χ3n) is 4.25. The van der Waals surface area contributed by atoms with E-state index in [0.717, 1.165) is 12.1 Å². The highest BCUT2D eigenvalue weighted by Crippen LogP contribution is 2.25. The smallest absolute Gasteiger partial charge is 0.137 e. The molecule has 2 rings (SSSR count). The van der Waals surface area contributed by atoms with Crippen LogP contribution in [-0.2, 0) is 0 Å². The summed E-state index contributed by atoms with van der Waals surface area (Å²) in [5, 5.41) is 0. The summed E-state index contributed by atoms with van der Waals surface area (Å²) in [5.74, 6) is -0.229. The van der Waals surface area contributed by atoms with Crippen LogP contribution in [0.1, 0.15) is 24.4 Å². The molecule has 2 atom stereocenters. The summed E-state index contributed by atoms with van der Waals surface area (Å²) >= 11 is 3.19. The lowest BCUT2D eigenvalue weighted by Gasteiger charge is -2.32. The van der Waals surface area contributed by atoms with Gasteiger partial charge in [0.25, 0.3) is 0 Å². The van der Waals surface area contributed by atoms with Gasteiger partial charge in [0.1, 0.15) is 5.82 Å². The number of hydrogen-bond donors (Lipinski definition) is 1. The van der Waals surface area contributed by atoms with E-state index >= 15 is 0 Å². The van der Waals surface area contributed by atoms with Crippen LogP contribution in [0.5, 0.6) is 0 Å². The Bertz CT molecular complexity index is 455. The fourth-order valence-electron chi connectivity index (χ4n) is 2.96. The topological polar surface area (TPSA) is 32.5 Å². The van der Waals surface area contributed by atoms with Crippen LogP contribution in [0.3, 0.4) is 0 Å². The van der Waals surface area contributed by atoms with E-state index in [4.69, 9.17) is 5.73 Å². The molecule has 0 aliphatic carbocycles. The molecule has 1 aromatic rings. The minimum absolute atomic E-state index is 0.0617. The first kappa shape index (κ1) is 15.9. The molecule has 1 aromatic carbocycles. The summed E-state index contributed by atoms with van der Waals surface area (Å²) in [4.78, 5) is 4.64. The summed E-state index contributed by atoms with van der Waals surface area (Å²) in [6.45, 7) is 2.63. The predicted octanol–water partition coefficient (Wildman–Crippen LogP) is 2.61. The Morgan fingerprint density at radius 3 is 2.85 bits per heavy atom. The van der Waals surface area contributed by atoms with Crippen molar-refractivity contribution in [1.82, 2.24) is 9.80 Å². The lowest BCUT2D eigenvalue weighted by molar-refractivity contribution is 0.179. The summed E-state index contributed by atoms with van der Waals surface area (Å²) in [7, 11) is 4.24. The molecule has 1 fully saturated rings. The van der Waals surface area contributed by atoms with E-state index in [-0.39, 0.29) is 11.9 Å². The normalized spacial score (nSPS) is 21.6. The van der Waals surface area contributed by atoms with Gasteiger partial charge < -0.3 is 10.6 Å². The van der Waals surface area contributed by atoms with Crippen molar-refractivity contribution in [2.24, 2.45) is 5.73 Å². The molecule has 1 aliphatic rings. The van der Waals surface area contributed by atoms with Crippen molar-refractivity contribution in [3.63, 3.8) is 0 Å². The fraction of sp³-hybridized carbons (Fsp3) is 0.600. The van der Waals surface area contributed by atoms with Gasteiger partial charge in [0.2, 0.25) is 0 Å². The first-order valence-corrected chi connectivity index (χ1v) is 7.87. The quantitative estimate of drug-likeness (QED) is 0.891. The lowest BCUT2D eigenvalue weighted by atomic mass is 10.0. The Morgan fingerprint density at radius 2 is 2.30 bits per heavy atom. The molecule has 1 aliphatic heterocycles. The Hall–Kier alpha value is -0.490. The zero-order chi connectivity index (χ0) is 14.7. The second kappa shape index (κ2) is 6.98. The highest BCUT2D eigenvalue weighted by Gasteiger charge is 2.25. The minimum atomic E-state index is -0.229. The summed E-state index contributed by atoms with van der Waals surface area (Å²) in [6, 6.07) is 5.92. The van der Waals surface area contributed by atoms with Crippen molar-refractivity contribution in [3.05, 3.63) is 34.1 Å². The van der Waals surface area contributed by atoms with Gasteiger partial charge >= 0.3 is 0 Å². The molecule has 0 aromatic heterocycles. The molecule has 2 unspecified atom stereocenters. The van der Waals surface area contributed by atoms with Crippen molar-refractivity contribution >= 4 is 15.9 Å². The molecule has 0 radical (unpaired) electrons. The highest BCUT2D eigenvalue weighted by molar-refractivity contribution is 9.10. The van der Waals surface area contributed by atoms with Crippen molar-refractivity contribution < 1.29 is 4.39 Å². The molecule has 20 heavy (non-hydrogen) atoms. The van der Waals surface area contributed by atoms with Gasteiger partial charge in [0.15, 0.2) is 0 Å². The molecule has 1 heterocycles. The van der Waals surface area contributed by atoms with E-state index in [1.807, 2.05) is 6.07 Å². The second-order valence-corrected chi connectivity index (χ2v) is 6.50. The van der Waals surface area contributed by atoms with Crippen molar-refractivity contribution in [2.45, 2.75) is 24.9 Å². The van der Waals surface area contributed by atoms with Crippen LogP contribution in [0.2, 0.25) is 0 Å². The number of benzene rings is 1. The van der Waals surface area contributed by atoms with Crippen LogP contribution in [0.15, 0.2) is 22.7 Å².